The Kier molecular flexibility index (Phi) is 9.24. The molecular formula is C44H74O3. The Hall–Kier alpha value is -0.380. The van der Waals surface area contributed by atoms with Gasteiger partial charge in [-0.05, 0) is 218 Å². The van der Waals surface area contributed by atoms with E-state index in [4.69, 9.17) is 0 Å². The molecule has 0 aromatic rings. The number of rotatable bonds is 1. The SMILES string of the molecule is C/C=C1\C[C@@H](C)[C@H]2[C@@H]3CC[C@@H]4C[C@](C)(O)CC[C@@H]4[C@H]3CC[C@]12C.CC(O)[C@H]1C[C@@H](C)[C@H]2[C@@H]3CC[C@@H]4C[C@](C)(O)CC[C@@H]4[C@H]3CC[C@@]21C. The summed E-state index contributed by atoms with van der Waals surface area (Å²) < 4.78 is 0. The van der Waals surface area contributed by atoms with Crippen molar-refractivity contribution in [1.82, 2.24) is 0 Å². The summed E-state index contributed by atoms with van der Waals surface area (Å²) in [6, 6.07) is 0. The van der Waals surface area contributed by atoms with Crippen molar-refractivity contribution in [2.24, 2.45) is 87.8 Å². The van der Waals surface area contributed by atoms with Crippen LogP contribution in [0.15, 0.2) is 11.6 Å². The average Bonchev–Trinajstić information content (AvgIpc) is 3.44. The molecule has 3 heteroatoms. The van der Waals surface area contributed by atoms with Gasteiger partial charge >= 0.3 is 0 Å². The molecule has 3 N–H and O–H groups in total. The number of hydrogen-bond donors (Lipinski definition) is 3. The van der Waals surface area contributed by atoms with Crippen LogP contribution in [0.25, 0.3) is 0 Å². The van der Waals surface area contributed by atoms with Gasteiger partial charge in [0.25, 0.3) is 0 Å². The van der Waals surface area contributed by atoms with Crippen LogP contribution >= 0.6 is 0 Å². The van der Waals surface area contributed by atoms with Crippen LogP contribution in [0.4, 0.5) is 0 Å². The van der Waals surface area contributed by atoms with E-state index in [1.54, 1.807) is 5.57 Å². The van der Waals surface area contributed by atoms with Gasteiger partial charge in [-0.2, -0.15) is 0 Å². The van der Waals surface area contributed by atoms with Crippen LogP contribution in [0.2, 0.25) is 0 Å². The number of allylic oxidation sites excluding steroid dienone is 2. The summed E-state index contributed by atoms with van der Waals surface area (Å²) in [4.78, 5) is 0. The lowest BCUT2D eigenvalue weighted by Gasteiger charge is -2.57. The molecule has 18 atom stereocenters. The van der Waals surface area contributed by atoms with Crippen molar-refractivity contribution < 1.29 is 15.3 Å². The van der Waals surface area contributed by atoms with Gasteiger partial charge in [0.05, 0.1) is 17.3 Å². The van der Waals surface area contributed by atoms with Crippen LogP contribution in [0.3, 0.4) is 0 Å². The Morgan fingerprint density at radius 1 is 0.638 bits per heavy atom. The Balaban J connectivity index is 0.000000150. The fourth-order valence-electron chi connectivity index (χ4n) is 16.3. The van der Waals surface area contributed by atoms with E-state index in [1.165, 1.54) is 77.0 Å². The molecule has 47 heavy (non-hydrogen) atoms. The molecule has 8 rings (SSSR count). The van der Waals surface area contributed by atoms with E-state index >= 15 is 0 Å². The third-order valence-corrected chi connectivity index (χ3v) is 17.9. The maximum atomic E-state index is 10.5. The highest BCUT2D eigenvalue weighted by Gasteiger charge is 2.61. The molecule has 0 spiro atoms. The predicted octanol–water partition coefficient (Wildman–Crippen LogP) is 10.2. The first-order valence-corrected chi connectivity index (χ1v) is 20.9. The molecule has 0 aromatic heterocycles. The molecule has 8 aliphatic carbocycles. The summed E-state index contributed by atoms with van der Waals surface area (Å²) in [6.45, 7) is 18.5. The molecule has 1 unspecified atom stereocenters. The van der Waals surface area contributed by atoms with Crippen molar-refractivity contribution in [1.29, 1.82) is 0 Å². The zero-order chi connectivity index (χ0) is 33.7. The minimum absolute atomic E-state index is 0.153. The van der Waals surface area contributed by atoms with Crippen molar-refractivity contribution in [3.8, 4) is 0 Å². The van der Waals surface area contributed by atoms with Crippen LogP contribution < -0.4 is 0 Å². The summed E-state index contributed by atoms with van der Waals surface area (Å²) in [5.41, 5.74) is 1.84. The largest absolute Gasteiger partial charge is 0.393 e. The van der Waals surface area contributed by atoms with E-state index in [2.05, 4.69) is 54.5 Å². The third kappa shape index (κ3) is 5.87. The molecule has 0 heterocycles. The zero-order valence-electron chi connectivity index (χ0n) is 31.8. The first-order chi connectivity index (χ1) is 22.1. The second-order valence-corrected chi connectivity index (χ2v) is 20.7. The lowest BCUT2D eigenvalue weighted by Crippen LogP contribution is -2.51. The normalized spacial score (nSPS) is 58.1. The zero-order valence-corrected chi connectivity index (χ0v) is 31.8. The van der Waals surface area contributed by atoms with Crippen molar-refractivity contribution >= 4 is 0 Å². The highest BCUT2D eigenvalue weighted by Crippen LogP contribution is 2.68. The highest BCUT2D eigenvalue weighted by molar-refractivity contribution is 5.24. The fourth-order valence-corrected chi connectivity index (χ4v) is 16.3. The maximum absolute atomic E-state index is 10.5. The standard InChI is InChI=1S/C22H38O2.C22H36O/c1-13-11-19(14(2)23)22(4)10-8-17-16-7-9-21(3,24)12-15(16)5-6-18(17)20(13)22;1-5-16-12-14(2)20-19-7-6-15-13-21(3,23)10-8-17(15)18(19)9-11-22(16,20)4/h13-20,23-24H,5-12H2,1-4H3;5,14-15,17-20,23H,6-13H2,1-4H3/b;16-5+/t13-,14?,15-,16+,17-,18-,19-,20+,21-,22-;14-,15-,17+,18-,19-,20+,21-,22-/m11/s1. The molecule has 268 valence electrons. The second kappa shape index (κ2) is 12.4. The molecular weight excluding hydrogens is 576 g/mol. The van der Waals surface area contributed by atoms with Gasteiger partial charge in [0.15, 0.2) is 0 Å². The first-order valence-electron chi connectivity index (χ1n) is 20.9. The van der Waals surface area contributed by atoms with E-state index < -0.39 is 5.60 Å². The molecule has 8 fully saturated rings. The molecule has 0 amide bonds. The Labute approximate surface area is 289 Å². The van der Waals surface area contributed by atoms with Gasteiger partial charge in [-0.25, -0.2) is 0 Å². The van der Waals surface area contributed by atoms with E-state index in [0.717, 1.165) is 96.7 Å². The second-order valence-electron chi connectivity index (χ2n) is 20.7. The molecule has 0 aromatic carbocycles. The monoisotopic (exact) mass is 651 g/mol. The van der Waals surface area contributed by atoms with E-state index in [9.17, 15) is 15.3 Å². The van der Waals surface area contributed by atoms with Crippen LogP contribution in [0, 0.1) is 87.8 Å². The summed E-state index contributed by atoms with van der Waals surface area (Å²) in [6.07, 6.45) is 22.6. The molecule has 3 nitrogen and oxygen atoms in total. The minimum Gasteiger partial charge on any atom is -0.393 e. The van der Waals surface area contributed by atoms with Crippen LogP contribution in [-0.4, -0.2) is 32.6 Å². The molecule has 8 aliphatic rings. The molecule has 0 radical (unpaired) electrons. The minimum atomic E-state index is -0.407. The van der Waals surface area contributed by atoms with Crippen molar-refractivity contribution in [3.05, 3.63) is 11.6 Å². The van der Waals surface area contributed by atoms with Crippen molar-refractivity contribution in [2.45, 2.75) is 175 Å². The van der Waals surface area contributed by atoms with Gasteiger partial charge in [-0.3, -0.25) is 0 Å². The Morgan fingerprint density at radius 2 is 1.15 bits per heavy atom. The number of aliphatic hydroxyl groups excluding tert-OH is 1. The summed E-state index contributed by atoms with van der Waals surface area (Å²) in [7, 11) is 0. The topological polar surface area (TPSA) is 60.7 Å². The van der Waals surface area contributed by atoms with Crippen molar-refractivity contribution in [3.63, 3.8) is 0 Å². The Bertz CT molecular complexity index is 1170. The molecule has 0 bridgehead atoms. The van der Waals surface area contributed by atoms with Crippen molar-refractivity contribution in [2.75, 3.05) is 0 Å². The molecule has 0 saturated heterocycles. The summed E-state index contributed by atoms with van der Waals surface area (Å²) in [5, 5.41) is 31.4. The van der Waals surface area contributed by atoms with Gasteiger partial charge in [-0.1, -0.05) is 39.3 Å². The number of hydrogen-bond acceptors (Lipinski definition) is 3. The lowest BCUT2D eigenvalue weighted by atomic mass is 9.48. The van der Waals surface area contributed by atoms with Crippen LogP contribution in [0.1, 0.15) is 158 Å². The number of aliphatic hydroxyl groups is 3. The van der Waals surface area contributed by atoms with Gasteiger partial charge in [0, 0.05) is 0 Å². The number of fused-ring (bicyclic) bond motifs is 10. The first kappa shape index (κ1) is 35.0. The summed E-state index contributed by atoms with van der Waals surface area (Å²) >= 11 is 0. The highest BCUT2D eigenvalue weighted by atomic mass is 16.3. The smallest absolute Gasteiger partial charge is 0.0622 e. The lowest BCUT2D eigenvalue weighted by molar-refractivity contribution is -0.111. The average molecular weight is 651 g/mol. The fraction of sp³-hybridized carbons (Fsp3) is 0.955. The van der Waals surface area contributed by atoms with Gasteiger partial charge < -0.3 is 15.3 Å². The van der Waals surface area contributed by atoms with E-state index in [0.29, 0.717) is 16.7 Å². The third-order valence-electron chi connectivity index (χ3n) is 17.9. The summed E-state index contributed by atoms with van der Waals surface area (Å²) in [5.74, 6) is 11.0. The molecule has 8 saturated carbocycles. The van der Waals surface area contributed by atoms with Crippen LogP contribution in [0.5, 0.6) is 0 Å². The van der Waals surface area contributed by atoms with E-state index in [-0.39, 0.29) is 11.7 Å². The molecule has 0 aliphatic heterocycles. The predicted molar refractivity (Wildman–Crippen MR) is 193 cm³/mol. The Morgan fingerprint density at radius 3 is 1.68 bits per heavy atom. The maximum Gasteiger partial charge on any atom is 0.0622 e. The van der Waals surface area contributed by atoms with Gasteiger partial charge in [0.1, 0.15) is 0 Å². The quantitative estimate of drug-likeness (QED) is 0.248. The van der Waals surface area contributed by atoms with E-state index in [1.807, 2.05) is 6.92 Å². The van der Waals surface area contributed by atoms with Gasteiger partial charge in [-0.15, -0.1) is 0 Å². The van der Waals surface area contributed by atoms with Crippen LogP contribution in [-0.2, 0) is 0 Å². The van der Waals surface area contributed by atoms with Gasteiger partial charge in [0.2, 0.25) is 0 Å².